The third-order valence-electron chi connectivity index (χ3n) is 2.92. The molecule has 0 amide bonds. The molecule has 0 bridgehead atoms. The smallest absolute Gasteiger partial charge is 0.295 e. The van der Waals surface area contributed by atoms with Crippen molar-refractivity contribution in [3.05, 3.63) is 68.4 Å². The Bertz CT molecular complexity index is 649. The maximum atomic E-state index is 13.8. The van der Waals surface area contributed by atoms with Gasteiger partial charge in [0, 0.05) is 16.6 Å². The molecule has 20 heavy (non-hydrogen) atoms. The average molecular weight is 339 g/mol. The summed E-state index contributed by atoms with van der Waals surface area (Å²) in [5, 5.41) is 13.8. The van der Waals surface area contributed by atoms with Crippen LogP contribution in [0.5, 0.6) is 0 Å². The lowest BCUT2D eigenvalue weighted by Gasteiger charge is -2.17. The van der Waals surface area contributed by atoms with Crippen LogP contribution >= 0.6 is 15.9 Å². The molecule has 0 aromatic heterocycles. The second kappa shape index (κ2) is 6.00. The molecule has 104 valence electrons. The Balaban J connectivity index is 2.35. The zero-order valence-corrected chi connectivity index (χ0v) is 12.2. The average Bonchev–Trinajstić information content (AvgIpc) is 2.41. The van der Waals surface area contributed by atoms with E-state index in [2.05, 4.69) is 21.2 Å². The first-order chi connectivity index (χ1) is 9.50. The predicted octanol–water partition coefficient (Wildman–Crippen LogP) is 4.67. The lowest BCUT2D eigenvalue weighted by atomic mass is 10.1. The Labute approximate surface area is 123 Å². The monoisotopic (exact) mass is 338 g/mol. The van der Waals surface area contributed by atoms with Gasteiger partial charge in [0.15, 0.2) is 5.82 Å². The molecule has 1 unspecified atom stereocenters. The summed E-state index contributed by atoms with van der Waals surface area (Å²) in [4.78, 5) is 10.3. The summed E-state index contributed by atoms with van der Waals surface area (Å²) in [6.07, 6.45) is 0. The van der Waals surface area contributed by atoms with E-state index >= 15 is 0 Å². The molecule has 0 radical (unpaired) electrons. The molecule has 4 nitrogen and oxygen atoms in total. The first kappa shape index (κ1) is 14.5. The van der Waals surface area contributed by atoms with Crippen LogP contribution < -0.4 is 5.32 Å². The molecule has 0 aliphatic rings. The Morgan fingerprint density at radius 3 is 2.60 bits per heavy atom. The molecule has 2 aromatic carbocycles. The van der Waals surface area contributed by atoms with E-state index in [1.807, 2.05) is 31.2 Å². The van der Waals surface area contributed by atoms with Crippen molar-refractivity contribution in [2.24, 2.45) is 0 Å². The number of nitrogens with one attached hydrogen (secondary N) is 1. The van der Waals surface area contributed by atoms with E-state index in [9.17, 15) is 14.5 Å². The fraction of sp³-hybridized carbons (Fsp3) is 0.143. The molecular formula is C14H12BrFN2O2. The number of halogens is 2. The summed E-state index contributed by atoms with van der Waals surface area (Å²) >= 11 is 3.41. The molecule has 0 fully saturated rings. The zero-order valence-electron chi connectivity index (χ0n) is 10.6. The van der Waals surface area contributed by atoms with Gasteiger partial charge in [-0.1, -0.05) is 40.2 Å². The highest BCUT2D eigenvalue weighted by Crippen LogP contribution is 2.32. The van der Waals surface area contributed by atoms with E-state index in [0.717, 1.165) is 10.0 Å². The third kappa shape index (κ3) is 2.96. The topological polar surface area (TPSA) is 55.2 Å². The molecule has 0 spiro atoms. The molecular weight excluding hydrogens is 327 g/mol. The number of anilines is 1. The van der Waals surface area contributed by atoms with Crippen molar-refractivity contribution >= 4 is 27.3 Å². The van der Waals surface area contributed by atoms with Crippen LogP contribution in [0.4, 0.5) is 15.8 Å². The lowest BCUT2D eigenvalue weighted by molar-refractivity contribution is -0.384. The summed E-state index contributed by atoms with van der Waals surface area (Å²) in [7, 11) is 0. The van der Waals surface area contributed by atoms with Gasteiger partial charge in [-0.3, -0.25) is 10.1 Å². The van der Waals surface area contributed by atoms with E-state index in [-0.39, 0.29) is 17.4 Å². The summed E-state index contributed by atoms with van der Waals surface area (Å²) in [5.41, 5.74) is 0.523. The number of para-hydroxylation sites is 1. The molecule has 1 atom stereocenters. The lowest BCUT2D eigenvalue weighted by Crippen LogP contribution is -2.10. The zero-order chi connectivity index (χ0) is 14.7. The number of hydrogen-bond donors (Lipinski definition) is 1. The SMILES string of the molecule is CC(Nc1c(F)cccc1[N+](=O)[O-])c1ccccc1Br. The quantitative estimate of drug-likeness (QED) is 0.651. The minimum Gasteiger partial charge on any atom is -0.371 e. The van der Waals surface area contributed by atoms with Gasteiger partial charge in [-0.05, 0) is 24.6 Å². The third-order valence-corrected chi connectivity index (χ3v) is 3.64. The van der Waals surface area contributed by atoms with Gasteiger partial charge in [0.25, 0.3) is 5.69 Å². The van der Waals surface area contributed by atoms with Crippen molar-refractivity contribution in [2.45, 2.75) is 13.0 Å². The minimum atomic E-state index is -0.641. The summed E-state index contributed by atoms with van der Waals surface area (Å²) in [6.45, 7) is 1.82. The van der Waals surface area contributed by atoms with Crippen LogP contribution in [0.15, 0.2) is 46.9 Å². The largest absolute Gasteiger partial charge is 0.371 e. The first-order valence-corrected chi connectivity index (χ1v) is 6.74. The number of nitro benzene ring substituents is 1. The normalized spacial score (nSPS) is 11.9. The van der Waals surface area contributed by atoms with Gasteiger partial charge < -0.3 is 5.32 Å². The van der Waals surface area contributed by atoms with Gasteiger partial charge in [0.1, 0.15) is 5.69 Å². The minimum absolute atomic E-state index is 0.0965. The fourth-order valence-corrected chi connectivity index (χ4v) is 2.56. The predicted molar refractivity (Wildman–Crippen MR) is 79.2 cm³/mol. The Morgan fingerprint density at radius 1 is 1.25 bits per heavy atom. The number of hydrogen-bond acceptors (Lipinski definition) is 3. The molecule has 6 heteroatoms. The number of nitrogens with zero attached hydrogens (tertiary/aromatic N) is 1. The van der Waals surface area contributed by atoms with Gasteiger partial charge in [-0.2, -0.15) is 0 Å². The van der Waals surface area contributed by atoms with E-state index in [1.54, 1.807) is 0 Å². The van der Waals surface area contributed by atoms with E-state index < -0.39 is 10.7 Å². The first-order valence-electron chi connectivity index (χ1n) is 5.94. The Hall–Kier alpha value is -1.95. The van der Waals surface area contributed by atoms with E-state index in [1.165, 1.54) is 18.2 Å². The van der Waals surface area contributed by atoms with Gasteiger partial charge in [-0.25, -0.2) is 4.39 Å². The molecule has 0 heterocycles. The highest BCUT2D eigenvalue weighted by molar-refractivity contribution is 9.10. The molecule has 1 N–H and O–H groups in total. The second-order valence-electron chi connectivity index (χ2n) is 4.28. The molecule has 0 aliphatic carbocycles. The summed E-state index contributed by atoms with van der Waals surface area (Å²) in [5.74, 6) is -0.641. The van der Waals surface area contributed by atoms with Gasteiger partial charge in [-0.15, -0.1) is 0 Å². The second-order valence-corrected chi connectivity index (χ2v) is 5.13. The van der Waals surface area contributed by atoms with Crippen LogP contribution in [0.3, 0.4) is 0 Å². The highest BCUT2D eigenvalue weighted by atomic mass is 79.9. The van der Waals surface area contributed by atoms with Gasteiger partial charge in [0.2, 0.25) is 0 Å². The number of rotatable bonds is 4. The Kier molecular flexibility index (Phi) is 4.34. The standard InChI is InChI=1S/C14H12BrFN2O2/c1-9(10-5-2-3-6-11(10)15)17-14-12(16)7-4-8-13(14)18(19)20/h2-9,17H,1H3. The fourth-order valence-electron chi connectivity index (χ4n) is 1.93. The molecule has 0 saturated heterocycles. The highest BCUT2D eigenvalue weighted by Gasteiger charge is 2.20. The van der Waals surface area contributed by atoms with Crippen LogP contribution in [0.1, 0.15) is 18.5 Å². The maximum absolute atomic E-state index is 13.8. The van der Waals surface area contributed by atoms with Crippen LogP contribution in [-0.2, 0) is 0 Å². The number of nitro groups is 1. The summed E-state index contributed by atoms with van der Waals surface area (Å²) in [6, 6.07) is 11.0. The summed E-state index contributed by atoms with van der Waals surface area (Å²) < 4.78 is 14.7. The molecule has 0 saturated carbocycles. The van der Waals surface area contributed by atoms with Gasteiger partial charge >= 0.3 is 0 Å². The van der Waals surface area contributed by atoms with Crippen molar-refractivity contribution in [3.63, 3.8) is 0 Å². The van der Waals surface area contributed by atoms with Crippen LogP contribution in [0.2, 0.25) is 0 Å². The molecule has 2 aromatic rings. The van der Waals surface area contributed by atoms with Gasteiger partial charge in [0.05, 0.1) is 4.92 Å². The molecule has 0 aliphatic heterocycles. The number of benzene rings is 2. The van der Waals surface area contributed by atoms with Crippen molar-refractivity contribution in [1.29, 1.82) is 0 Å². The Morgan fingerprint density at radius 2 is 1.95 bits per heavy atom. The van der Waals surface area contributed by atoms with Crippen molar-refractivity contribution in [1.82, 2.24) is 0 Å². The van der Waals surface area contributed by atoms with E-state index in [0.29, 0.717) is 0 Å². The van der Waals surface area contributed by atoms with Crippen molar-refractivity contribution in [2.75, 3.05) is 5.32 Å². The van der Waals surface area contributed by atoms with E-state index in [4.69, 9.17) is 0 Å². The molecule has 2 rings (SSSR count). The maximum Gasteiger partial charge on any atom is 0.295 e. The van der Waals surface area contributed by atoms with Crippen LogP contribution in [0.25, 0.3) is 0 Å². The van der Waals surface area contributed by atoms with Crippen molar-refractivity contribution < 1.29 is 9.31 Å². The van der Waals surface area contributed by atoms with Crippen LogP contribution in [-0.4, -0.2) is 4.92 Å². The van der Waals surface area contributed by atoms with Crippen molar-refractivity contribution in [3.8, 4) is 0 Å². The van der Waals surface area contributed by atoms with Crippen LogP contribution in [0, 0.1) is 15.9 Å².